The summed E-state index contributed by atoms with van der Waals surface area (Å²) in [5.41, 5.74) is 2.16. The second-order valence-corrected chi connectivity index (χ2v) is 7.53. The van der Waals surface area contributed by atoms with Crippen molar-refractivity contribution in [2.75, 3.05) is 5.32 Å². The van der Waals surface area contributed by atoms with Gasteiger partial charge in [0.15, 0.2) is 0 Å². The lowest BCUT2D eigenvalue weighted by molar-refractivity contribution is -0.384. The third-order valence-electron chi connectivity index (χ3n) is 3.99. The summed E-state index contributed by atoms with van der Waals surface area (Å²) in [5.74, 6) is 0.564. The number of amides is 1. The Bertz CT molecular complexity index is 1040. The number of nitrogens with zero attached hydrogens (tertiary/aromatic N) is 3. The van der Waals surface area contributed by atoms with E-state index in [1.54, 1.807) is 23.1 Å². The topological polar surface area (TPSA) is 99.3 Å². The van der Waals surface area contributed by atoms with Crippen LogP contribution in [0.5, 0.6) is 11.5 Å². The molecule has 150 valence electrons. The molecule has 0 aliphatic heterocycles. The summed E-state index contributed by atoms with van der Waals surface area (Å²) in [6, 6.07) is 9.88. The number of carbonyl (C=O) groups excluding carboxylic acids is 1. The Morgan fingerprint density at radius 2 is 1.86 bits per heavy atom. The maximum Gasteiger partial charge on any atom is 0.275 e. The largest absolute Gasteiger partial charge is 0.457 e. The van der Waals surface area contributed by atoms with Crippen molar-refractivity contribution >= 4 is 33.2 Å². The normalized spacial score (nSPS) is 10.6. The summed E-state index contributed by atoms with van der Waals surface area (Å²) in [7, 11) is 0. The van der Waals surface area contributed by atoms with Gasteiger partial charge in [-0.1, -0.05) is 6.07 Å². The maximum absolute atomic E-state index is 12.3. The van der Waals surface area contributed by atoms with E-state index in [1.165, 1.54) is 12.1 Å². The van der Waals surface area contributed by atoms with E-state index >= 15 is 0 Å². The lowest BCUT2D eigenvalue weighted by Crippen LogP contribution is -2.14. The first-order valence-corrected chi connectivity index (χ1v) is 9.61. The van der Waals surface area contributed by atoms with E-state index in [2.05, 4.69) is 26.3 Å². The SMILES string of the molecule is Cc1cc(C)cc(Oc2cc(NC(=O)CCn3cc(Br)cn3)cc([N+](=O)[O-])c2)c1. The number of hydrogen-bond acceptors (Lipinski definition) is 5. The van der Waals surface area contributed by atoms with Crippen molar-refractivity contribution in [3.63, 3.8) is 0 Å². The zero-order valence-electron chi connectivity index (χ0n) is 15.9. The molecule has 0 unspecified atom stereocenters. The molecular formula is C20H19BrN4O4. The summed E-state index contributed by atoms with van der Waals surface area (Å²) in [6.45, 7) is 4.27. The van der Waals surface area contributed by atoms with Gasteiger partial charge in [0.25, 0.3) is 5.69 Å². The average Bonchev–Trinajstić information content (AvgIpc) is 3.04. The third kappa shape index (κ3) is 5.89. The Kier molecular flexibility index (Phi) is 6.28. The van der Waals surface area contributed by atoms with Gasteiger partial charge >= 0.3 is 0 Å². The predicted octanol–water partition coefficient (Wildman–Crippen LogP) is 4.99. The molecule has 0 aliphatic rings. The maximum atomic E-state index is 12.3. The van der Waals surface area contributed by atoms with Gasteiger partial charge in [0.1, 0.15) is 11.5 Å². The van der Waals surface area contributed by atoms with E-state index in [1.807, 2.05) is 32.0 Å². The molecule has 0 aliphatic carbocycles. The highest BCUT2D eigenvalue weighted by atomic mass is 79.9. The molecule has 3 rings (SSSR count). The van der Waals surface area contributed by atoms with Crippen LogP contribution in [-0.2, 0) is 11.3 Å². The van der Waals surface area contributed by atoms with E-state index in [4.69, 9.17) is 4.74 Å². The van der Waals surface area contributed by atoms with Gasteiger partial charge in [0.05, 0.1) is 27.3 Å². The summed E-state index contributed by atoms with van der Waals surface area (Å²) < 4.78 is 8.26. The number of ether oxygens (including phenoxy) is 1. The number of halogens is 1. The molecule has 1 aromatic heterocycles. The van der Waals surface area contributed by atoms with Crippen molar-refractivity contribution in [3.8, 4) is 11.5 Å². The van der Waals surface area contributed by atoms with Gasteiger partial charge in [-0.2, -0.15) is 5.10 Å². The Balaban J connectivity index is 1.75. The fourth-order valence-electron chi connectivity index (χ4n) is 2.85. The van der Waals surface area contributed by atoms with E-state index < -0.39 is 4.92 Å². The van der Waals surface area contributed by atoms with Gasteiger partial charge in [-0.25, -0.2) is 0 Å². The van der Waals surface area contributed by atoms with Gasteiger partial charge in [-0.05, 0) is 53.0 Å². The van der Waals surface area contributed by atoms with E-state index in [9.17, 15) is 14.9 Å². The number of hydrogen-bond donors (Lipinski definition) is 1. The molecule has 1 heterocycles. The zero-order chi connectivity index (χ0) is 21.0. The lowest BCUT2D eigenvalue weighted by Gasteiger charge is -2.11. The highest BCUT2D eigenvalue weighted by Crippen LogP contribution is 2.30. The van der Waals surface area contributed by atoms with Gasteiger partial charge in [0, 0.05) is 31.3 Å². The minimum Gasteiger partial charge on any atom is -0.457 e. The number of anilines is 1. The third-order valence-corrected chi connectivity index (χ3v) is 4.40. The fourth-order valence-corrected chi connectivity index (χ4v) is 3.18. The number of aryl methyl sites for hydroxylation is 3. The van der Waals surface area contributed by atoms with E-state index in [-0.39, 0.29) is 23.8 Å². The lowest BCUT2D eigenvalue weighted by atomic mass is 10.1. The van der Waals surface area contributed by atoms with Crippen molar-refractivity contribution in [2.45, 2.75) is 26.8 Å². The summed E-state index contributed by atoms with van der Waals surface area (Å²) >= 11 is 3.30. The van der Waals surface area contributed by atoms with Crippen molar-refractivity contribution in [2.24, 2.45) is 0 Å². The molecular weight excluding hydrogens is 440 g/mol. The Morgan fingerprint density at radius 1 is 1.17 bits per heavy atom. The first-order chi connectivity index (χ1) is 13.8. The number of non-ortho nitro benzene ring substituents is 1. The van der Waals surface area contributed by atoms with Crippen LogP contribution in [0.2, 0.25) is 0 Å². The molecule has 3 aromatic rings. The number of nitrogens with one attached hydrogen (secondary N) is 1. The summed E-state index contributed by atoms with van der Waals surface area (Å²) in [5, 5.41) is 18.1. The molecule has 0 saturated carbocycles. The van der Waals surface area contributed by atoms with Crippen LogP contribution in [0.1, 0.15) is 17.5 Å². The van der Waals surface area contributed by atoms with Gasteiger partial charge in [-0.3, -0.25) is 19.6 Å². The average molecular weight is 459 g/mol. The predicted molar refractivity (Wildman–Crippen MR) is 112 cm³/mol. The number of benzene rings is 2. The fraction of sp³-hybridized carbons (Fsp3) is 0.200. The molecule has 0 saturated heterocycles. The molecule has 0 bridgehead atoms. The Morgan fingerprint density at radius 3 is 2.48 bits per heavy atom. The van der Waals surface area contributed by atoms with Crippen LogP contribution in [0.25, 0.3) is 0 Å². The Hall–Kier alpha value is -3.20. The van der Waals surface area contributed by atoms with Crippen LogP contribution in [-0.4, -0.2) is 20.6 Å². The number of nitro groups is 1. The van der Waals surface area contributed by atoms with Crippen molar-refractivity contribution in [1.82, 2.24) is 9.78 Å². The van der Waals surface area contributed by atoms with Crippen LogP contribution in [0, 0.1) is 24.0 Å². The smallest absolute Gasteiger partial charge is 0.275 e. The van der Waals surface area contributed by atoms with E-state index in [0.29, 0.717) is 18.0 Å². The number of rotatable bonds is 7. The van der Waals surface area contributed by atoms with Crippen molar-refractivity contribution in [3.05, 3.63) is 74.5 Å². The zero-order valence-corrected chi connectivity index (χ0v) is 17.5. The molecule has 9 heteroatoms. The highest BCUT2D eigenvalue weighted by molar-refractivity contribution is 9.10. The highest BCUT2D eigenvalue weighted by Gasteiger charge is 2.14. The van der Waals surface area contributed by atoms with Crippen LogP contribution < -0.4 is 10.1 Å². The molecule has 2 aromatic carbocycles. The van der Waals surface area contributed by atoms with Gasteiger partial charge < -0.3 is 10.1 Å². The second kappa shape index (κ2) is 8.87. The molecule has 0 atom stereocenters. The molecule has 0 radical (unpaired) electrons. The quantitative estimate of drug-likeness (QED) is 0.396. The Labute approximate surface area is 175 Å². The van der Waals surface area contributed by atoms with Crippen LogP contribution in [0.4, 0.5) is 11.4 Å². The molecule has 0 fully saturated rings. The van der Waals surface area contributed by atoms with Crippen LogP contribution >= 0.6 is 15.9 Å². The summed E-state index contributed by atoms with van der Waals surface area (Å²) in [6.07, 6.45) is 3.57. The molecule has 29 heavy (non-hydrogen) atoms. The first kappa shape index (κ1) is 20.5. The van der Waals surface area contributed by atoms with E-state index in [0.717, 1.165) is 15.6 Å². The van der Waals surface area contributed by atoms with Crippen molar-refractivity contribution in [1.29, 1.82) is 0 Å². The first-order valence-electron chi connectivity index (χ1n) is 8.82. The second-order valence-electron chi connectivity index (χ2n) is 6.62. The minimum atomic E-state index is -0.523. The number of carbonyl (C=O) groups is 1. The number of nitro benzene ring substituents is 1. The van der Waals surface area contributed by atoms with Crippen LogP contribution in [0.15, 0.2) is 53.3 Å². The van der Waals surface area contributed by atoms with Gasteiger partial charge in [-0.15, -0.1) is 0 Å². The molecule has 1 amide bonds. The molecule has 1 N–H and O–H groups in total. The van der Waals surface area contributed by atoms with Crippen molar-refractivity contribution < 1.29 is 14.5 Å². The standard InChI is InChI=1S/C20H19BrN4O4/c1-13-5-14(2)7-18(6-13)29-19-9-16(8-17(10-19)25(27)28)23-20(26)3-4-24-12-15(21)11-22-24/h5-12H,3-4H2,1-2H3,(H,23,26). The monoisotopic (exact) mass is 458 g/mol. The molecule has 0 spiro atoms. The molecule has 8 nitrogen and oxygen atoms in total. The van der Waals surface area contributed by atoms with Crippen LogP contribution in [0.3, 0.4) is 0 Å². The number of aromatic nitrogens is 2. The summed E-state index contributed by atoms with van der Waals surface area (Å²) in [4.78, 5) is 23.0. The van der Waals surface area contributed by atoms with Gasteiger partial charge in [0.2, 0.25) is 5.91 Å². The minimum absolute atomic E-state index is 0.168.